The van der Waals surface area contributed by atoms with Crippen molar-refractivity contribution in [1.29, 1.82) is 0 Å². The van der Waals surface area contributed by atoms with Gasteiger partial charge in [0.1, 0.15) is 13.2 Å². The molecule has 6 heteroatoms. The maximum Gasteiger partial charge on any atom is 0.306 e. The molecule has 0 aromatic rings. The Kier molecular flexibility index (Phi) is 65.1. The third-order valence-electron chi connectivity index (χ3n) is 15.5. The Morgan fingerprint density at radius 3 is 0.772 bits per heavy atom. The van der Waals surface area contributed by atoms with E-state index >= 15 is 0 Å². The van der Waals surface area contributed by atoms with E-state index in [0.717, 1.165) is 89.9 Å². The van der Waals surface area contributed by atoms with E-state index in [1.165, 1.54) is 238 Å². The van der Waals surface area contributed by atoms with Crippen LogP contribution >= 0.6 is 0 Å². The van der Waals surface area contributed by atoms with Gasteiger partial charge in [-0.2, -0.15) is 0 Å². The van der Waals surface area contributed by atoms with Crippen LogP contribution in [0.3, 0.4) is 0 Å². The molecule has 0 saturated carbocycles. The number of hydrogen-bond donors (Lipinski definition) is 0. The molecule has 0 fully saturated rings. The molecule has 0 amide bonds. The molecule has 460 valence electrons. The SMILES string of the molecule is CC/C=C\C/C=C\C/C=C\CCCCCCCCCC(=O)OCC(COC(=O)CCCCCCCCCCCCC/C=C\C/C=C\CCCCCCC)OC(=O)CCCCCCCCCCCCCCCCCCCCCCC. The highest BCUT2D eigenvalue weighted by Crippen LogP contribution is 2.18. The average molecular weight is 1110 g/mol. The van der Waals surface area contributed by atoms with Crippen LogP contribution in [0, 0.1) is 0 Å². The summed E-state index contributed by atoms with van der Waals surface area (Å²) in [5, 5.41) is 0. The summed E-state index contributed by atoms with van der Waals surface area (Å²) in [5.74, 6) is -0.862. The molecule has 0 aliphatic rings. The van der Waals surface area contributed by atoms with Gasteiger partial charge in [-0.15, -0.1) is 0 Å². The van der Waals surface area contributed by atoms with Crippen LogP contribution in [-0.2, 0) is 28.6 Å². The predicted octanol–water partition coefficient (Wildman–Crippen LogP) is 23.9. The summed E-state index contributed by atoms with van der Waals surface area (Å²) < 4.78 is 17.0. The Bertz CT molecular complexity index is 1410. The molecule has 0 N–H and O–H groups in total. The second kappa shape index (κ2) is 67.6. The maximum atomic E-state index is 13.0. The smallest absolute Gasteiger partial charge is 0.306 e. The molecule has 1 unspecified atom stereocenters. The minimum Gasteiger partial charge on any atom is -0.462 e. The zero-order valence-electron chi connectivity index (χ0n) is 52.9. The second-order valence-corrected chi connectivity index (χ2v) is 23.4. The topological polar surface area (TPSA) is 78.9 Å². The highest BCUT2D eigenvalue weighted by Gasteiger charge is 2.19. The van der Waals surface area contributed by atoms with Crippen molar-refractivity contribution in [3.05, 3.63) is 60.8 Å². The number of carbonyl (C=O) groups is 3. The van der Waals surface area contributed by atoms with Gasteiger partial charge in [-0.25, -0.2) is 0 Å². The molecular formula is C73H132O6. The van der Waals surface area contributed by atoms with Gasteiger partial charge in [0.25, 0.3) is 0 Å². The Morgan fingerprint density at radius 1 is 0.266 bits per heavy atom. The number of carbonyl (C=O) groups excluding carboxylic acids is 3. The summed E-state index contributed by atoms with van der Waals surface area (Å²) in [5.41, 5.74) is 0. The summed E-state index contributed by atoms with van der Waals surface area (Å²) in [6.07, 6.45) is 86.7. The second-order valence-electron chi connectivity index (χ2n) is 23.4. The summed E-state index contributed by atoms with van der Waals surface area (Å²) in [6, 6.07) is 0. The molecule has 0 bridgehead atoms. The van der Waals surface area contributed by atoms with E-state index in [9.17, 15) is 14.4 Å². The molecular weight excluding hydrogens is 973 g/mol. The van der Waals surface area contributed by atoms with Gasteiger partial charge in [-0.1, -0.05) is 326 Å². The van der Waals surface area contributed by atoms with Gasteiger partial charge in [-0.3, -0.25) is 14.4 Å². The number of allylic oxidation sites excluding steroid dienone is 10. The maximum absolute atomic E-state index is 13.0. The zero-order chi connectivity index (χ0) is 57.1. The van der Waals surface area contributed by atoms with Crippen LogP contribution in [0.2, 0.25) is 0 Å². The van der Waals surface area contributed by atoms with Crippen molar-refractivity contribution in [2.45, 2.75) is 374 Å². The van der Waals surface area contributed by atoms with Crippen molar-refractivity contribution in [3.8, 4) is 0 Å². The van der Waals surface area contributed by atoms with Crippen LogP contribution in [0.25, 0.3) is 0 Å². The molecule has 1 atom stereocenters. The van der Waals surface area contributed by atoms with Crippen molar-refractivity contribution >= 4 is 17.9 Å². The van der Waals surface area contributed by atoms with Crippen molar-refractivity contribution in [2.24, 2.45) is 0 Å². The Balaban J connectivity index is 4.33. The molecule has 0 aliphatic heterocycles. The predicted molar refractivity (Wildman–Crippen MR) is 344 cm³/mol. The van der Waals surface area contributed by atoms with E-state index in [0.29, 0.717) is 19.3 Å². The van der Waals surface area contributed by atoms with E-state index in [2.05, 4.69) is 81.5 Å². The standard InChI is InChI=1S/C73H132O6/c1-4-7-10-13-16-19-22-25-28-31-33-35-36-38-39-42-45-48-51-54-57-60-63-66-72(75)78-69-70(68-77-71(74)65-62-59-56-53-50-47-44-41-30-27-24-21-18-15-12-9-6-3)79-73(76)67-64-61-58-55-52-49-46-43-40-37-34-32-29-26-23-20-17-14-11-8-5-2/h9,12,18,21-22,25,27,30-31,33,70H,4-8,10-11,13-17,19-20,23-24,26,28-29,32,34-69H2,1-3H3/b12-9-,21-18-,25-22-,30-27-,33-31-. The fourth-order valence-electron chi connectivity index (χ4n) is 10.3. The first kappa shape index (κ1) is 76.1. The molecule has 0 saturated heterocycles. The molecule has 0 heterocycles. The number of rotatable bonds is 64. The largest absolute Gasteiger partial charge is 0.462 e. The summed E-state index contributed by atoms with van der Waals surface area (Å²) in [6.45, 7) is 6.58. The highest BCUT2D eigenvalue weighted by atomic mass is 16.6. The molecule has 0 aliphatic carbocycles. The fourth-order valence-corrected chi connectivity index (χ4v) is 10.3. The first-order valence-corrected chi connectivity index (χ1v) is 34.8. The van der Waals surface area contributed by atoms with Gasteiger partial charge in [0.15, 0.2) is 6.10 Å². The van der Waals surface area contributed by atoms with E-state index in [1.54, 1.807) is 0 Å². The normalized spacial score (nSPS) is 12.4. The van der Waals surface area contributed by atoms with Crippen molar-refractivity contribution in [3.63, 3.8) is 0 Å². The molecule has 0 spiro atoms. The molecule has 0 radical (unpaired) electrons. The molecule has 0 aromatic heterocycles. The van der Waals surface area contributed by atoms with Crippen LogP contribution in [0.1, 0.15) is 367 Å². The molecule has 6 nitrogen and oxygen atoms in total. The lowest BCUT2D eigenvalue weighted by atomic mass is 10.0. The average Bonchev–Trinajstić information content (AvgIpc) is 3.45. The first-order chi connectivity index (χ1) is 39.0. The molecule has 0 rings (SSSR count). The van der Waals surface area contributed by atoms with Gasteiger partial charge in [-0.05, 0) is 83.5 Å². The lowest BCUT2D eigenvalue weighted by molar-refractivity contribution is -0.167. The van der Waals surface area contributed by atoms with Gasteiger partial charge < -0.3 is 14.2 Å². The minimum absolute atomic E-state index is 0.0748. The van der Waals surface area contributed by atoms with Crippen LogP contribution in [-0.4, -0.2) is 37.2 Å². The lowest BCUT2D eigenvalue weighted by Crippen LogP contribution is -2.30. The monoisotopic (exact) mass is 1110 g/mol. The summed E-state index contributed by atoms with van der Waals surface area (Å²) >= 11 is 0. The molecule has 79 heavy (non-hydrogen) atoms. The molecule has 0 aromatic carbocycles. The van der Waals surface area contributed by atoms with E-state index in [1.807, 2.05) is 0 Å². The van der Waals surface area contributed by atoms with Crippen LogP contribution in [0.4, 0.5) is 0 Å². The van der Waals surface area contributed by atoms with Crippen LogP contribution < -0.4 is 0 Å². The van der Waals surface area contributed by atoms with E-state index < -0.39 is 6.10 Å². The van der Waals surface area contributed by atoms with Gasteiger partial charge in [0, 0.05) is 19.3 Å². The summed E-state index contributed by atoms with van der Waals surface area (Å²) in [4.78, 5) is 38.5. The first-order valence-electron chi connectivity index (χ1n) is 34.8. The van der Waals surface area contributed by atoms with Crippen molar-refractivity contribution < 1.29 is 28.6 Å². The van der Waals surface area contributed by atoms with Crippen molar-refractivity contribution in [1.82, 2.24) is 0 Å². The highest BCUT2D eigenvalue weighted by molar-refractivity contribution is 5.71. The fraction of sp³-hybridized carbons (Fsp3) is 0.822. The Hall–Kier alpha value is -2.89. The third-order valence-corrected chi connectivity index (χ3v) is 15.5. The summed E-state index contributed by atoms with van der Waals surface area (Å²) in [7, 11) is 0. The third kappa shape index (κ3) is 65.8. The number of ether oxygens (including phenoxy) is 3. The Morgan fingerprint density at radius 2 is 0.494 bits per heavy atom. The van der Waals surface area contributed by atoms with Crippen LogP contribution in [0.15, 0.2) is 60.8 Å². The van der Waals surface area contributed by atoms with Gasteiger partial charge in [0.05, 0.1) is 0 Å². The Labute approximate surface area is 491 Å². The lowest BCUT2D eigenvalue weighted by Gasteiger charge is -2.18. The zero-order valence-corrected chi connectivity index (χ0v) is 52.9. The van der Waals surface area contributed by atoms with Crippen LogP contribution in [0.5, 0.6) is 0 Å². The number of hydrogen-bond acceptors (Lipinski definition) is 6. The van der Waals surface area contributed by atoms with E-state index in [-0.39, 0.29) is 31.1 Å². The minimum atomic E-state index is -0.779. The number of esters is 3. The number of unbranched alkanes of at least 4 members (excludes halogenated alkanes) is 43. The van der Waals surface area contributed by atoms with E-state index in [4.69, 9.17) is 14.2 Å². The quantitative estimate of drug-likeness (QED) is 0.0261. The van der Waals surface area contributed by atoms with Gasteiger partial charge >= 0.3 is 17.9 Å². The van der Waals surface area contributed by atoms with Crippen molar-refractivity contribution in [2.75, 3.05) is 13.2 Å². The van der Waals surface area contributed by atoms with Gasteiger partial charge in [0.2, 0.25) is 0 Å².